The molecule has 0 fully saturated rings. The number of hydrogen-bond acceptors (Lipinski definition) is 5. The number of nitrogens with two attached hydrogens (primary N) is 2. The van der Waals surface area contributed by atoms with Crippen LogP contribution in [0, 0.1) is 6.92 Å². The highest BCUT2D eigenvalue weighted by atomic mass is 16.5. The predicted molar refractivity (Wildman–Crippen MR) is 103 cm³/mol. The van der Waals surface area contributed by atoms with Gasteiger partial charge in [-0.1, -0.05) is 30.3 Å². The average Bonchev–Trinajstić information content (AvgIpc) is 2.91. The van der Waals surface area contributed by atoms with E-state index in [0.717, 1.165) is 5.56 Å². The van der Waals surface area contributed by atoms with Crippen molar-refractivity contribution in [1.29, 1.82) is 0 Å². The molecule has 0 saturated heterocycles. The second-order valence-electron chi connectivity index (χ2n) is 6.32. The number of rotatable bonds is 7. The lowest BCUT2D eigenvalue weighted by Crippen LogP contribution is -2.24. The second-order valence-corrected chi connectivity index (χ2v) is 6.32. The van der Waals surface area contributed by atoms with Crippen LogP contribution in [0.5, 0.6) is 5.75 Å². The van der Waals surface area contributed by atoms with E-state index in [9.17, 15) is 14.4 Å². The first kappa shape index (κ1) is 19.0. The highest BCUT2D eigenvalue weighted by Crippen LogP contribution is 2.36. The Kier molecular flexibility index (Phi) is 5.04. The number of hydrogen-bond donors (Lipinski definition) is 3. The average molecular weight is 381 g/mol. The zero-order valence-corrected chi connectivity index (χ0v) is 15.1. The van der Waals surface area contributed by atoms with Crippen molar-refractivity contribution in [3.8, 4) is 5.75 Å². The Morgan fingerprint density at radius 3 is 2.43 bits per heavy atom. The summed E-state index contributed by atoms with van der Waals surface area (Å²) in [5.41, 5.74) is 13.6. The van der Waals surface area contributed by atoms with Gasteiger partial charge in [-0.25, -0.2) is 4.79 Å². The highest BCUT2D eigenvalue weighted by Gasteiger charge is 2.26. The highest BCUT2D eigenvalue weighted by molar-refractivity contribution is 6.45. The van der Waals surface area contributed by atoms with Crippen molar-refractivity contribution in [3.05, 3.63) is 59.3 Å². The summed E-state index contributed by atoms with van der Waals surface area (Å²) in [4.78, 5) is 35.1. The fraction of sp³-hybridized carbons (Fsp3) is 0.150. The molecule has 0 aliphatic rings. The zero-order chi connectivity index (χ0) is 20.4. The molecule has 0 saturated carbocycles. The van der Waals surface area contributed by atoms with E-state index in [1.54, 1.807) is 13.0 Å². The van der Waals surface area contributed by atoms with Crippen LogP contribution in [0.3, 0.4) is 0 Å². The Morgan fingerprint density at radius 1 is 1.14 bits per heavy atom. The molecule has 1 amide bonds. The monoisotopic (exact) mass is 381 g/mol. The molecule has 3 rings (SSSR count). The maximum absolute atomic E-state index is 12.5. The van der Waals surface area contributed by atoms with E-state index in [0.29, 0.717) is 28.8 Å². The molecule has 144 valence electrons. The number of aromatic nitrogens is 1. The molecule has 0 unspecified atom stereocenters. The Balaban J connectivity index is 2.28. The van der Waals surface area contributed by atoms with E-state index >= 15 is 0 Å². The summed E-state index contributed by atoms with van der Waals surface area (Å²) in [6.45, 7) is 1.49. The van der Waals surface area contributed by atoms with Gasteiger partial charge in [0.05, 0.1) is 16.5 Å². The molecule has 28 heavy (non-hydrogen) atoms. The summed E-state index contributed by atoms with van der Waals surface area (Å²) < 4.78 is 7.18. The molecule has 0 radical (unpaired) electrons. The molecule has 0 bridgehead atoms. The molecule has 8 heteroatoms. The number of ether oxygens (including phenoxy) is 1. The minimum absolute atomic E-state index is 0.0822. The number of carbonyl (C=O) groups excluding carboxylic acids is 2. The fourth-order valence-corrected chi connectivity index (χ4v) is 3.21. The maximum atomic E-state index is 12.5. The number of nitrogen functional groups attached to an aromatic ring is 1. The summed E-state index contributed by atoms with van der Waals surface area (Å²) in [5, 5.41) is 9.25. The van der Waals surface area contributed by atoms with Crippen LogP contribution >= 0.6 is 0 Å². The third-order valence-electron chi connectivity index (χ3n) is 4.40. The largest absolute Gasteiger partial charge is 0.481 e. The predicted octanol–water partition coefficient (Wildman–Crippen LogP) is 1.71. The van der Waals surface area contributed by atoms with E-state index in [4.69, 9.17) is 21.3 Å². The number of carboxylic acid groups (broad SMARTS) is 1. The van der Waals surface area contributed by atoms with Crippen LogP contribution in [-0.2, 0) is 16.1 Å². The molecule has 0 atom stereocenters. The van der Waals surface area contributed by atoms with Crippen molar-refractivity contribution in [2.45, 2.75) is 13.5 Å². The van der Waals surface area contributed by atoms with Gasteiger partial charge in [-0.15, -0.1) is 0 Å². The lowest BCUT2D eigenvalue weighted by Gasteiger charge is -2.10. The third kappa shape index (κ3) is 3.52. The van der Waals surface area contributed by atoms with Gasteiger partial charge in [0.15, 0.2) is 6.61 Å². The fourth-order valence-electron chi connectivity index (χ4n) is 3.21. The normalized spacial score (nSPS) is 10.8. The van der Waals surface area contributed by atoms with Crippen LogP contribution in [0.4, 0.5) is 5.69 Å². The van der Waals surface area contributed by atoms with Gasteiger partial charge in [0.25, 0.3) is 11.7 Å². The van der Waals surface area contributed by atoms with Crippen molar-refractivity contribution in [2.75, 3.05) is 12.3 Å². The van der Waals surface area contributed by atoms with E-state index < -0.39 is 24.3 Å². The summed E-state index contributed by atoms with van der Waals surface area (Å²) in [7, 11) is 0. The van der Waals surface area contributed by atoms with Crippen molar-refractivity contribution in [3.63, 3.8) is 0 Å². The zero-order valence-electron chi connectivity index (χ0n) is 15.1. The van der Waals surface area contributed by atoms with E-state index in [1.807, 2.05) is 34.9 Å². The Labute approximate surface area is 160 Å². The number of aliphatic carboxylic acids is 1. The lowest BCUT2D eigenvalue weighted by atomic mass is 10.0. The molecule has 0 aliphatic carbocycles. The molecule has 2 aromatic carbocycles. The van der Waals surface area contributed by atoms with Gasteiger partial charge in [0.1, 0.15) is 5.75 Å². The van der Waals surface area contributed by atoms with Gasteiger partial charge in [-0.05, 0) is 18.6 Å². The van der Waals surface area contributed by atoms with Crippen molar-refractivity contribution in [1.82, 2.24) is 4.57 Å². The molecular formula is C20H19N3O5. The van der Waals surface area contributed by atoms with Crippen LogP contribution in [0.1, 0.15) is 21.6 Å². The molecular weight excluding hydrogens is 362 g/mol. The number of nitrogens with zero attached hydrogens (tertiary/aromatic N) is 1. The summed E-state index contributed by atoms with van der Waals surface area (Å²) in [6, 6.07) is 12.6. The number of benzene rings is 2. The number of carbonyl (C=O) groups is 3. The molecule has 0 aliphatic heterocycles. The van der Waals surface area contributed by atoms with Gasteiger partial charge in [-0.3, -0.25) is 9.59 Å². The van der Waals surface area contributed by atoms with Crippen LogP contribution in [0.25, 0.3) is 10.9 Å². The number of ketones is 1. The Hall–Kier alpha value is -3.81. The lowest BCUT2D eigenvalue weighted by molar-refractivity contribution is -0.139. The van der Waals surface area contributed by atoms with E-state index in [2.05, 4.69) is 0 Å². The van der Waals surface area contributed by atoms with E-state index in [1.165, 1.54) is 6.07 Å². The number of primary amides is 1. The molecule has 0 spiro atoms. The quantitative estimate of drug-likeness (QED) is 0.324. The van der Waals surface area contributed by atoms with Gasteiger partial charge >= 0.3 is 5.97 Å². The Morgan fingerprint density at radius 2 is 1.82 bits per heavy atom. The van der Waals surface area contributed by atoms with Crippen LogP contribution < -0.4 is 16.2 Å². The molecule has 1 heterocycles. The smallest absolute Gasteiger partial charge is 0.341 e. The standard InChI is InChI=1S/C20H19N3O5/c1-11-17(19(26)20(22)27)18-14(23(11)9-12-5-3-2-4-6-12)7-13(21)8-15(18)28-10-16(24)25/h2-8H,9-10,21H2,1H3,(H2,22,27)(H,24,25). The van der Waals surface area contributed by atoms with Gasteiger partial charge < -0.3 is 25.9 Å². The summed E-state index contributed by atoms with van der Waals surface area (Å²) in [6.07, 6.45) is 0. The number of carboxylic acids is 1. The molecule has 5 N–H and O–H groups in total. The second kappa shape index (κ2) is 7.43. The Bertz CT molecular complexity index is 1090. The van der Waals surface area contributed by atoms with Gasteiger partial charge in [0.2, 0.25) is 0 Å². The van der Waals surface area contributed by atoms with E-state index in [-0.39, 0.29) is 11.3 Å². The minimum Gasteiger partial charge on any atom is -0.481 e. The first-order chi connectivity index (χ1) is 13.3. The van der Waals surface area contributed by atoms with Gasteiger partial charge in [-0.2, -0.15) is 0 Å². The summed E-state index contributed by atoms with van der Waals surface area (Å²) >= 11 is 0. The number of fused-ring (bicyclic) bond motifs is 1. The summed E-state index contributed by atoms with van der Waals surface area (Å²) in [5.74, 6) is -3.06. The van der Waals surface area contributed by atoms with Crippen molar-refractivity contribution < 1.29 is 24.2 Å². The first-order valence-corrected chi connectivity index (χ1v) is 8.44. The number of Topliss-reactive ketones (excluding diaryl/α,β-unsaturated/α-hetero) is 1. The van der Waals surface area contributed by atoms with Crippen LogP contribution in [0.2, 0.25) is 0 Å². The van der Waals surface area contributed by atoms with Crippen LogP contribution in [-0.4, -0.2) is 33.9 Å². The minimum atomic E-state index is -1.18. The SMILES string of the molecule is Cc1c(C(=O)C(N)=O)c2c(OCC(=O)O)cc(N)cc2n1Cc1ccccc1. The number of anilines is 1. The maximum Gasteiger partial charge on any atom is 0.341 e. The number of amides is 1. The molecule has 3 aromatic rings. The molecule has 1 aromatic heterocycles. The molecule has 8 nitrogen and oxygen atoms in total. The van der Waals surface area contributed by atoms with Crippen molar-refractivity contribution in [2.24, 2.45) is 5.73 Å². The van der Waals surface area contributed by atoms with Crippen LogP contribution in [0.15, 0.2) is 42.5 Å². The van der Waals surface area contributed by atoms with Gasteiger partial charge in [0, 0.05) is 24.0 Å². The first-order valence-electron chi connectivity index (χ1n) is 8.44. The van der Waals surface area contributed by atoms with Crippen molar-refractivity contribution >= 4 is 34.3 Å². The third-order valence-corrected chi connectivity index (χ3v) is 4.40. The topological polar surface area (TPSA) is 138 Å².